The Morgan fingerprint density at radius 2 is 2.05 bits per heavy atom. The zero-order chi connectivity index (χ0) is 15.3. The van der Waals surface area contributed by atoms with E-state index in [0.29, 0.717) is 0 Å². The predicted molar refractivity (Wildman–Crippen MR) is 65.4 cm³/mol. The number of esters is 1. The maximum absolute atomic E-state index is 12.5. The molecule has 0 aliphatic carbocycles. The lowest BCUT2D eigenvalue weighted by molar-refractivity contribution is -0.140. The molecule has 0 heterocycles. The predicted octanol–water partition coefficient (Wildman–Crippen LogP) is 2.22. The van der Waals surface area contributed by atoms with E-state index in [0.717, 1.165) is 25.3 Å². The monoisotopic (exact) mass is 309 g/mol. The van der Waals surface area contributed by atoms with Gasteiger partial charge in [0.25, 0.3) is 5.91 Å². The van der Waals surface area contributed by atoms with Gasteiger partial charge >= 0.3 is 12.1 Å². The Morgan fingerprint density at radius 3 is 2.60 bits per heavy atom. The molecule has 0 radical (unpaired) electrons. The van der Waals surface area contributed by atoms with E-state index in [1.807, 2.05) is 0 Å². The fraction of sp³-hybridized carbons (Fsp3) is 0.333. The van der Waals surface area contributed by atoms with Gasteiger partial charge in [-0.2, -0.15) is 13.2 Å². The molecule has 0 fully saturated rings. The average molecular weight is 310 g/mol. The molecule has 1 amide bonds. The number of alkyl halides is 4. The third-order valence-corrected chi connectivity index (χ3v) is 2.68. The van der Waals surface area contributed by atoms with Gasteiger partial charge in [0.1, 0.15) is 5.38 Å². The van der Waals surface area contributed by atoms with Gasteiger partial charge in [0.15, 0.2) is 0 Å². The van der Waals surface area contributed by atoms with E-state index in [4.69, 9.17) is 11.6 Å². The maximum atomic E-state index is 12.5. The lowest BCUT2D eigenvalue weighted by Crippen LogP contribution is -2.34. The van der Waals surface area contributed by atoms with E-state index >= 15 is 0 Å². The van der Waals surface area contributed by atoms with E-state index in [9.17, 15) is 22.8 Å². The van der Waals surface area contributed by atoms with Crippen molar-refractivity contribution in [2.75, 3.05) is 13.7 Å². The van der Waals surface area contributed by atoms with Crippen molar-refractivity contribution in [3.8, 4) is 0 Å². The molecule has 8 heteroatoms. The van der Waals surface area contributed by atoms with Crippen molar-refractivity contribution in [3.63, 3.8) is 0 Å². The second-order valence-electron chi connectivity index (χ2n) is 3.78. The number of amides is 1. The van der Waals surface area contributed by atoms with Crippen molar-refractivity contribution < 1.29 is 27.5 Å². The summed E-state index contributed by atoms with van der Waals surface area (Å²) in [5, 5.41) is 1.15. The van der Waals surface area contributed by atoms with Crippen LogP contribution in [0.1, 0.15) is 15.9 Å². The van der Waals surface area contributed by atoms with Crippen molar-refractivity contribution in [3.05, 3.63) is 35.4 Å². The fourth-order valence-corrected chi connectivity index (χ4v) is 1.50. The fourth-order valence-electron chi connectivity index (χ4n) is 1.33. The number of hydrogen-bond acceptors (Lipinski definition) is 3. The molecule has 0 saturated heterocycles. The highest BCUT2D eigenvalue weighted by molar-refractivity contribution is 6.30. The average Bonchev–Trinajstić information content (AvgIpc) is 2.42. The lowest BCUT2D eigenvalue weighted by atomic mass is 10.1. The van der Waals surface area contributed by atoms with Crippen LogP contribution < -0.4 is 5.32 Å². The largest absolute Gasteiger partial charge is 0.468 e. The van der Waals surface area contributed by atoms with E-state index in [2.05, 4.69) is 10.1 Å². The number of benzene rings is 1. The van der Waals surface area contributed by atoms with E-state index in [1.165, 1.54) is 6.07 Å². The van der Waals surface area contributed by atoms with Crippen molar-refractivity contribution in [2.45, 2.75) is 11.6 Å². The Kier molecular flexibility index (Phi) is 5.38. The molecular weight excluding hydrogens is 299 g/mol. The molecule has 1 rings (SSSR count). The molecule has 110 valence electrons. The zero-order valence-electron chi connectivity index (χ0n) is 10.3. The van der Waals surface area contributed by atoms with Gasteiger partial charge in [0.05, 0.1) is 12.7 Å². The number of carbonyl (C=O) groups is 2. The standard InChI is InChI=1S/C12H11ClF3NO3/c1-20-11(19)9(13)6-17-10(18)7-3-2-4-8(5-7)12(14,15)16/h2-5,9H,6H2,1H3,(H,17,18). The van der Waals surface area contributed by atoms with Gasteiger partial charge < -0.3 is 10.1 Å². The molecule has 1 aromatic rings. The van der Waals surface area contributed by atoms with Gasteiger partial charge in [-0.1, -0.05) is 6.07 Å². The van der Waals surface area contributed by atoms with Gasteiger partial charge in [-0.3, -0.25) is 9.59 Å². The van der Waals surface area contributed by atoms with Crippen molar-refractivity contribution in [1.82, 2.24) is 5.32 Å². The molecule has 1 N–H and O–H groups in total. The Labute approximate surface area is 117 Å². The maximum Gasteiger partial charge on any atom is 0.416 e. The van der Waals surface area contributed by atoms with Crippen LogP contribution in [-0.2, 0) is 15.7 Å². The van der Waals surface area contributed by atoms with Crippen molar-refractivity contribution in [1.29, 1.82) is 0 Å². The third-order valence-electron chi connectivity index (χ3n) is 2.35. The Bertz CT molecular complexity index is 505. The number of carbonyl (C=O) groups excluding carboxylic acids is 2. The highest BCUT2D eigenvalue weighted by Gasteiger charge is 2.31. The minimum atomic E-state index is -4.53. The number of methoxy groups -OCH3 is 1. The Balaban J connectivity index is 2.71. The Morgan fingerprint density at radius 1 is 1.40 bits per heavy atom. The SMILES string of the molecule is COC(=O)C(Cl)CNC(=O)c1cccc(C(F)(F)F)c1. The van der Waals surface area contributed by atoms with Crippen molar-refractivity contribution in [2.24, 2.45) is 0 Å². The summed E-state index contributed by atoms with van der Waals surface area (Å²) in [6, 6.07) is 3.93. The summed E-state index contributed by atoms with van der Waals surface area (Å²) in [7, 11) is 1.13. The van der Waals surface area contributed by atoms with Gasteiger partial charge in [-0.05, 0) is 18.2 Å². The summed E-state index contributed by atoms with van der Waals surface area (Å²) in [6.07, 6.45) is -4.53. The minimum Gasteiger partial charge on any atom is -0.468 e. The molecule has 0 aromatic heterocycles. The quantitative estimate of drug-likeness (QED) is 0.685. The molecule has 1 unspecified atom stereocenters. The normalized spacial score (nSPS) is 12.7. The number of ether oxygens (including phenoxy) is 1. The molecule has 0 aliphatic heterocycles. The molecule has 0 aliphatic rings. The third kappa shape index (κ3) is 4.41. The number of hydrogen-bond donors (Lipinski definition) is 1. The summed E-state index contributed by atoms with van der Waals surface area (Å²) >= 11 is 5.60. The van der Waals surface area contributed by atoms with E-state index in [-0.39, 0.29) is 12.1 Å². The van der Waals surface area contributed by atoms with Crippen LogP contribution in [0, 0.1) is 0 Å². The van der Waals surface area contributed by atoms with Gasteiger partial charge in [-0.15, -0.1) is 11.6 Å². The molecule has 20 heavy (non-hydrogen) atoms. The summed E-state index contributed by atoms with van der Waals surface area (Å²) in [5.74, 6) is -1.50. The van der Waals surface area contributed by atoms with Crippen LogP contribution in [0.5, 0.6) is 0 Å². The first-order valence-corrected chi connectivity index (χ1v) is 5.86. The molecule has 0 bridgehead atoms. The highest BCUT2D eigenvalue weighted by atomic mass is 35.5. The smallest absolute Gasteiger partial charge is 0.416 e. The summed E-state index contributed by atoms with van der Waals surface area (Å²) in [6.45, 7) is -0.247. The van der Waals surface area contributed by atoms with Crippen LogP contribution in [0.15, 0.2) is 24.3 Å². The molecule has 4 nitrogen and oxygen atoms in total. The summed E-state index contributed by atoms with van der Waals surface area (Å²) in [5.41, 5.74) is -1.10. The van der Waals surface area contributed by atoms with Crippen LogP contribution in [-0.4, -0.2) is 30.9 Å². The van der Waals surface area contributed by atoms with Gasteiger partial charge in [0.2, 0.25) is 0 Å². The summed E-state index contributed by atoms with van der Waals surface area (Å²) < 4.78 is 41.8. The van der Waals surface area contributed by atoms with E-state index < -0.39 is 29.0 Å². The van der Waals surface area contributed by atoms with Crippen molar-refractivity contribution >= 4 is 23.5 Å². The van der Waals surface area contributed by atoms with Crippen LogP contribution in [0.3, 0.4) is 0 Å². The zero-order valence-corrected chi connectivity index (χ0v) is 11.1. The van der Waals surface area contributed by atoms with Gasteiger partial charge in [0, 0.05) is 12.1 Å². The second-order valence-corrected chi connectivity index (χ2v) is 4.31. The number of nitrogens with one attached hydrogen (secondary N) is 1. The highest BCUT2D eigenvalue weighted by Crippen LogP contribution is 2.29. The second kappa shape index (κ2) is 6.60. The van der Waals surface area contributed by atoms with E-state index in [1.54, 1.807) is 0 Å². The first-order chi connectivity index (χ1) is 9.25. The van der Waals surface area contributed by atoms with Gasteiger partial charge in [-0.25, -0.2) is 0 Å². The molecular formula is C12H11ClF3NO3. The van der Waals surface area contributed by atoms with Crippen LogP contribution in [0.25, 0.3) is 0 Å². The summed E-state index contributed by atoms with van der Waals surface area (Å²) in [4.78, 5) is 22.6. The van der Waals surface area contributed by atoms with Crippen LogP contribution in [0.2, 0.25) is 0 Å². The number of halogens is 4. The van der Waals surface area contributed by atoms with Crippen LogP contribution >= 0.6 is 11.6 Å². The topological polar surface area (TPSA) is 55.4 Å². The molecule has 0 spiro atoms. The lowest BCUT2D eigenvalue weighted by Gasteiger charge is -2.11. The first-order valence-electron chi connectivity index (χ1n) is 5.43. The van der Waals surface area contributed by atoms with Crippen LogP contribution in [0.4, 0.5) is 13.2 Å². The molecule has 1 aromatic carbocycles. The number of rotatable bonds is 4. The Hall–Kier alpha value is -1.76. The molecule has 1 atom stereocenters. The first kappa shape index (κ1) is 16.3. The molecule has 0 saturated carbocycles. The minimum absolute atomic E-state index is 0.173.